The normalized spacial score (nSPS) is 13.4. The van der Waals surface area contributed by atoms with Gasteiger partial charge in [0.15, 0.2) is 5.54 Å². The third-order valence-corrected chi connectivity index (χ3v) is 4.76. The Morgan fingerprint density at radius 2 is 1.88 bits per heavy atom. The van der Waals surface area contributed by atoms with Crippen LogP contribution in [0.2, 0.25) is 10.0 Å². The quantitative estimate of drug-likeness (QED) is 0.866. The Kier molecular flexibility index (Phi) is 4.92. The van der Waals surface area contributed by atoms with Crippen LogP contribution in [0.4, 0.5) is 0 Å². The number of carbonyl (C=O) groups is 2. The highest BCUT2D eigenvalue weighted by Gasteiger charge is 2.38. The molecular formula is C16H17Cl2N3O3. The molecule has 0 saturated carbocycles. The van der Waals surface area contributed by atoms with E-state index in [1.807, 2.05) is 0 Å². The fraction of sp³-hybridized carbons (Fsp3) is 0.312. The van der Waals surface area contributed by atoms with Gasteiger partial charge in [-0.15, -0.1) is 0 Å². The second-order valence-corrected chi connectivity index (χ2v) is 6.50. The van der Waals surface area contributed by atoms with Gasteiger partial charge in [-0.1, -0.05) is 29.3 Å². The third kappa shape index (κ3) is 3.12. The number of amides is 1. The molecule has 0 aliphatic rings. The fourth-order valence-corrected chi connectivity index (χ4v) is 2.75. The number of carbonyl (C=O) groups excluding carboxylic acids is 1. The molecule has 0 fully saturated rings. The van der Waals surface area contributed by atoms with Gasteiger partial charge < -0.3 is 10.4 Å². The number of carboxylic acid groups (broad SMARTS) is 1. The molecule has 0 bridgehead atoms. The molecule has 0 radical (unpaired) electrons. The van der Waals surface area contributed by atoms with Gasteiger partial charge in [-0.3, -0.25) is 9.48 Å². The molecule has 128 valence electrons. The van der Waals surface area contributed by atoms with Gasteiger partial charge in [0.1, 0.15) is 0 Å². The zero-order chi connectivity index (χ0) is 18.2. The number of hydrogen-bond acceptors (Lipinski definition) is 3. The molecule has 0 spiro atoms. The summed E-state index contributed by atoms with van der Waals surface area (Å²) in [4.78, 5) is 24.5. The smallest absolute Gasteiger partial charge is 0.333 e. The molecule has 1 aromatic carbocycles. The van der Waals surface area contributed by atoms with Gasteiger partial charge in [-0.05, 0) is 38.5 Å². The molecule has 1 aromatic heterocycles. The molecule has 1 heterocycles. The molecule has 0 aliphatic carbocycles. The van der Waals surface area contributed by atoms with Crippen molar-refractivity contribution < 1.29 is 14.7 Å². The number of aromatic nitrogens is 2. The minimum absolute atomic E-state index is 0.213. The summed E-state index contributed by atoms with van der Waals surface area (Å²) in [5, 5.41) is 16.9. The van der Waals surface area contributed by atoms with Gasteiger partial charge in [0, 0.05) is 12.7 Å². The number of aliphatic carboxylic acids is 1. The molecule has 2 rings (SSSR count). The molecule has 1 unspecified atom stereocenters. The number of benzene rings is 1. The first-order valence-corrected chi connectivity index (χ1v) is 7.85. The average Bonchev–Trinajstić information content (AvgIpc) is 2.74. The average molecular weight is 370 g/mol. The summed E-state index contributed by atoms with van der Waals surface area (Å²) in [5.74, 6) is -1.73. The van der Waals surface area contributed by atoms with E-state index in [0.29, 0.717) is 27.5 Å². The molecule has 8 heteroatoms. The third-order valence-electron chi connectivity index (χ3n) is 4.02. The van der Waals surface area contributed by atoms with E-state index >= 15 is 0 Å². The molecule has 0 saturated heterocycles. The van der Waals surface area contributed by atoms with Gasteiger partial charge in [0.25, 0.3) is 5.91 Å². The lowest BCUT2D eigenvalue weighted by Crippen LogP contribution is -2.49. The van der Waals surface area contributed by atoms with Crippen molar-refractivity contribution in [2.75, 3.05) is 0 Å². The number of hydrogen-bond donors (Lipinski definition) is 2. The maximum absolute atomic E-state index is 12.7. The monoisotopic (exact) mass is 369 g/mol. The highest BCUT2D eigenvalue weighted by atomic mass is 35.5. The van der Waals surface area contributed by atoms with Crippen molar-refractivity contribution in [1.82, 2.24) is 15.1 Å². The van der Waals surface area contributed by atoms with Crippen LogP contribution in [0, 0.1) is 13.8 Å². The van der Waals surface area contributed by atoms with Gasteiger partial charge in [0.05, 0.1) is 21.3 Å². The maximum Gasteiger partial charge on any atom is 0.333 e. The minimum Gasteiger partial charge on any atom is -0.479 e. The summed E-state index contributed by atoms with van der Waals surface area (Å²) >= 11 is 11.9. The van der Waals surface area contributed by atoms with E-state index in [9.17, 15) is 14.7 Å². The van der Waals surface area contributed by atoms with E-state index < -0.39 is 17.4 Å². The largest absolute Gasteiger partial charge is 0.479 e. The van der Waals surface area contributed by atoms with E-state index in [0.717, 1.165) is 0 Å². The highest BCUT2D eigenvalue weighted by molar-refractivity contribution is 6.42. The number of rotatable bonds is 4. The Morgan fingerprint density at radius 1 is 1.25 bits per heavy atom. The number of nitrogens with one attached hydrogen (secondary N) is 1. The first-order chi connectivity index (χ1) is 11.1. The standard InChI is InChI=1S/C16H17Cl2N3O3/c1-8-13(9(2)21(4)20-8)14(22)19-16(3,15(23)24)10-5-6-11(17)12(18)7-10/h5-7H,1-4H3,(H,19,22)(H,23,24). The van der Waals surface area contributed by atoms with Crippen molar-refractivity contribution in [2.24, 2.45) is 7.05 Å². The Labute approximate surface area is 149 Å². The zero-order valence-electron chi connectivity index (χ0n) is 13.6. The molecule has 6 nitrogen and oxygen atoms in total. The summed E-state index contributed by atoms with van der Waals surface area (Å²) in [5.41, 5.74) is 0.170. The van der Waals surface area contributed by atoms with E-state index in [2.05, 4.69) is 10.4 Å². The van der Waals surface area contributed by atoms with Crippen LogP contribution in [-0.4, -0.2) is 26.8 Å². The van der Waals surface area contributed by atoms with Crippen molar-refractivity contribution in [3.8, 4) is 0 Å². The fourth-order valence-electron chi connectivity index (χ4n) is 2.45. The Hall–Kier alpha value is -2.05. The van der Waals surface area contributed by atoms with Crippen molar-refractivity contribution in [3.63, 3.8) is 0 Å². The van der Waals surface area contributed by atoms with Crippen LogP contribution in [0.25, 0.3) is 0 Å². The van der Waals surface area contributed by atoms with Crippen LogP contribution in [-0.2, 0) is 17.4 Å². The second-order valence-electron chi connectivity index (χ2n) is 5.68. The van der Waals surface area contributed by atoms with Crippen molar-refractivity contribution in [1.29, 1.82) is 0 Å². The minimum atomic E-state index is -1.67. The van der Waals surface area contributed by atoms with Gasteiger partial charge in [-0.25, -0.2) is 4.79 Å². The number of nitrogens with zero attached hydrogens (tertiary/aromatic N) is 2. The van der Waals surface area contributed by atoms with Crippen LogP contribution >= 0.6 is 23.2 Å². The first kappa shape index (κ1) is 18.3. The molecule has 1 amide bonds. The number of carboxylic acids is 1. The molecular weight excluding hydrogens is 353 g/mol. The molecule has 2 N–H and O–H groups in total. The van der Waals surface area contributed by atoms with E-state index in [1.54, 1.807) is 25.6 Å². The van der Waals surface area contributed by atoms with Crippen LogP contribution in [0.5, 0.6) is 0 Å². The highest BCUT2D eigenvalue weighted by Crippen LogP contribution is 2.29. The topological polar surface area (TPSA) is 84.2 Å². The summed E-state index contributed by atoms with van der Waals surface area (Å²) in [6.07, 6.45) is 0. The first-order valence-electron chi connectivity index (χ1n) is 7.09. The summed E-state index contributed by atoms with van der Waals surface area (Å²) in [6, 6.07) is 4.44. The van der Waals surface area contributed by atoms with Gasteiger partial charge >= 0.3 is 5.97 Å². The van der Waals surface area contributed by atoms with Crippen molar-refractivity contribution >= 4 is 35.1 Å². The van der Waals surface area contributed by atoms with Gasteiger partial charge in [-0.2, -0.15) is 5.10 Å². The van der Waals surface area contributed by atoms with E-state index in [-0.39, 0.29) is 5.02 Å². The van der Waals surface area contributed by atoms with Crippen molar-refractivity contribution in [2.45, 2.75) is 26.3 Å². The number of halogens is 2. The van der Waals surface area contributed by atoms with E-state index in [1.165, 1.54) is 25.1 Å². The van der Waals surface area contributed by atoms with Crippen LogP contribution < -0.4 is 5.32 Å². The van der Waals surface area contributed by atoms with Crippen LogP contribution in [0.1, 0.15) is 34.2 Å². The molecule has 2 aromatic rings. The lowest BCUT2D eigenvalue weighted by molar-refractivity contribution is -0.144. The Morgan fingerprint density at radius 3 is 2.33 bits per heavy atom. The predicted octanol–water partition coefficient (Wildman–Crippen LogP) is 3.07. The Balaban J connectivity index is 2.46. The second kappa shape index (κ2) is 6.45. The molecule has 1 atom stereocenters. The van der Waals surface area contributed by atoms with E-state index in [4.69, 9.17) is 23.2 Å². The van der Waals surface area contributed by atoms with Crippen LogP contribution in [0.3, 0.4) is 0 Å². The maximum atomic E-state index is 12.7. The number of aryl methyl sites for hydroxylation is 2. The molecule has 24 heavy (non-hydrogen) atoms. The summed E-state index contributed by atoms with van der Waals surface area (Å²) < 4.78 is 1.57. The zero-order valence-corrected chi connectivity index (χ0v) is 15.2. The lowest BCUT2D eigenvalue weighted by atomic mass is 9.91. The lowest BCUT2D eigenvalue weighted by Gasteiger charge is -2.27. The molecule has 0 aliphatic heterocycles. The Bertz CT molecular complexity index is 832. The summed E-state index contributed by atoms with van der Waals surface area (Å²) in [7, 11) is 1.72. The summed E-state index contributed by atoms with van der Waals surface area (Å²) in [6.45, 7) is 4.83. The predicted molar refractivity (Wildman–Crippen MR) is 91.6 cm³/mol. The SMILES string of the molecule is Cc1nn(C)c(C)c1C(=O)NC(C)(C(=O)O)c1ccc(Cl)c(Cl)c1. The van der Waals surface area contributed by atoms with Crippen LogP contribution in [0.15, 0.2) is 18.2 Å². The van der Waals surface area contributed by atoms with Crippen molar-refractivity contribution in [3.05, 3.63) is 50.8 Å². The van der Waals surface area contributed by atoms with Gasteiger partial charge in [0.2, 0.25) is 0 Å².